The fraction of sp³-hybridized carbons (Fsp3) is 0.333. The van der Waals surface area contributed by atoms with Crippen molar-refractivity contribution >= 4 is 21.8 Å². The van der Waals surface area contributed by atoms with Crippen LogP contribution in [0.4, 0.5) is 0 Å². The summed E-state index contributed by atoms with van der Waals surface area (Å²) in [5.41, 5.74) is 5.67. The summed E-state index contributed by atoms with van der Waals surface area (Å²) in [5, 5.41) is 2.74. The van der Waals surface area contributed by atoms with E-state index in [0.29, 0.717) is 5.92 Å². The van der Waals surface area contributed by atoms with Crippen LogP contribution in [0, 0.1) is 0 Å². The van der Waals surface area contributed by atoms with Crippen molar-refractivity contribution in [2.24, 2.45) is 0 Å². The third kappa shape index (κ3) is 3.85. The van der Waals surface area contributed by atoms with E-state index in [2.05, 4.69) is 91.2 Å². The Balaban J connectivity index is 1.40. The summed E-state index contributed by atoms with van der Waals surface area (Å²) in [6.45, 7) is 5.69. The Bertz CT molecular complexity index is 986. The van der Waals surface area contributed by atoms with Crippen molar-refractivity contribution in [1.29, 1.82) is 0 Å². The number of aryl methyl sites for hydroxylation is 2. The van der Waals surface area contributed by atoms with Crippen molar-refractivity contribution in [3.8, 4) is 0 Å². The van der Waals surface area contributed by atoms with Crippen LogP contribution in [-0.4, -0.2) is 4.57 Å². The molecule has 1 heterocycles. The SMILES string of the molecule is CCCC(C)c1ccc(CCCCn2c3ccccc3c3ccccc32)cc1. The highest BCUT2D eigenvalue weighted by Crippen LogP contribution is 2.29. The summed E-state index contributed by atoms with van der Waals surface area (Å²) in [7, 11) is 0. The highest BCUT2D eigenvalue weighted by Gasteiger charge is 2.09. The lowest BCUT2D eigenvalue weighted by Crippen LogP contribution is -1.99. The van der Waals surface area contributed by atoms with Crippen molar-refractivity contribution < 1.29 is 0 Å². The first-order valence-electron chi connectivity index (χ1n) is 10.8. The molecule has 1 unspecified atom stereocenters. The highest BCUT2D eigenvalue weighted by molar-refractivity contribution is 6.07. The van der Waals surface area contributed by atoms with Gasteiger partial charge in [-0.25, -0.2) is 0 Å². The fourth-order valence-electron chi connectivity index (χ4n) is 4.46. The van der Waals surface area contributed by atoms with Crippen LogP contribution in [0.2, 0.25) is 0 Å². The van der Waals surface area contributed by atoms with Crippen molar-refractivity contribution in [3.63, 3.8) is 0 Å². The maximum Gasteiger partial charge on any atom is 0.0491 e. The number of fused-ring (bicyclic) bond motifs is 3. The number of unbranched alkanes of at least 4 members (excludes halogenated alkanes) is 1. The number of para-hydroxylation sites is 2. The zero-order chi connectivity index (χ0) is 19.3. The van der Waals surface area contributed by atoms with Crippen LogP contribution in [0.25, 0.3) is 21.8 Å². The highest BCUT2D eigenvalue weighted by atomic mass is 15.0. The molecule has 0 radical (unpaired) electrons. The zero-order valence-corrected chi connectivity index (χ0v) is 17.2. The molecule has 4 aromatic rings. The maximum atomic E-state index is 2.50. The van der Waals surface area contributed by atoms with E-state index in [1.54, 1.807) is 0 Å². The normalized spacial score (nSPS) is 12.6. The average Bonchev–Trinajstić information content (AvgIpc) is 3.06. The minimum absolute atomic E-state index is 0.675. The van der Waals surface area contributed by atoms with Gasteiger partial charge >= 0.3 is 0 Å². The molecular weight excluding hydrogens is 338 g/mol. The Kier molecular flexibility index (Phi) is 5.81. The van der Waals surface area contributed by atoms with Crippen LogP contribution in [-0.2, 0) is 13.0 Å². The maximum absolute atomic E-state index is 2.50. The number of hydrogen-bond acceptors (Lipinski definition) is 0. The first-order chi connectivity index (χ1) is 13.8. The molecule has 0 spiro atoms. The van der Waals surface area contributed by atoms with Crippen LogP contribution >= 0.6 is 0 Å². The quantitative estimate of drug-likeness (QED) is 0.280. The second-order valence-electron chi connectivity index (χ2n) is 8.07. The molecule has 0 aliphatic rings. The first-order valence-corrected chi connectivity index (χ1v) is 10.8. The third-order valence-corrected chi connectivity index (χ3v) is 6.05. The number of benzene rings is 3. The molecule has 1 nitrogen and oxygen atoms in total. The lowest BCUT2D eigenvalue weighted by molar-refractivity contribution is 0.635. The number of hydrogen-bond donors (Lipinski definition) is 0. The lowest BCUT2D eigenvalue weighted by Gasteiger charge is -2.11. The van der Waals surface area contributed by atoms with E-state index in [4.69, 9.17) is 0 Å². The van der Waals surface area contributed by atoms with E-state index in [1.807, 2.05) is 0 Å². The van der Waals surface area contributed by atoms with Crippen molar-refractivity contribution in [3.05, 3.63) is 83.9 Å². The fourth-order valence-corrected chi connectivity index (χ4v) is 4.46. The van der Waals surface area contributed by atoms with E-state index < -0.39 is 0 Å². The van der Waals surface area contributed by atoms with Gasteiger partial charge in [0.05, 0.1) is 0 Å². The molecule has 28 heavy (non-hydrogen) atoms. The van der Waals surface area contributed by atoms with Gasteiger partial charge in [-0.15, -0.1) is 0 Å². The monoisotopic (exact) mass is 369 g/mol. The molecule has 0 fully saturated rings. The van der Waals surface area contributed by atoms with Crippen LogP contribution < -0.4 is 0 Å². The molecule has 0 aliphatic carbocycles. The Labute approximate surface area is 169 Å². The summed E-state index contributed by atoms with van der Waals surface area (Å²) >= 11 is 0. The zero-order valence-electron chi connectivity index (χ0n) is 17.2. The number of nitrogens with zero attached hydrogens (tertiary/aromatic N) is 1. The second kappa shape index (κ2) is 8.65. The van der Waals surface area contributed by atoms with Gasteiger partial charge in [-0.05, 0) is 54.9 Å². The Morgan fingerprint density at radius 2 is 1.36 bits per heavy atom. The van der Waals surface area contributed by atoms with Gasteiger partial charge in [0, 0.05) is 28.4 Å². The van der Waals surface area contributed by atoms with Gasteiger partial charge in [0.2, 0.25) is 0 Å². The minimum atomic E-state index is 0.675. The molecular formula is C27H31N. The molecule has 144 valence electrons. The van der Waals surface area contributed by atoms with Crippen LogP contribution in [0.3, 0.4) is 0 Å². The number of rotatable bonds is 8. The predicted molar refractivity (Wildman–Crippen MR) is 122 cm³/mol. The molecule has 0 aliphatic heterocycles. The molecule has 0 amide bonds. The largest absolute Gasteiger partial charge is 0.340 e. The molecule has 1 aromatic heterocycles. The van der Waals surface area contributed by atoms with Gasteiger partial charge in [0.15, 0.2) is 0 Å². The Morgan fingerprint density at radius 3 is 1.96 bits per heavy atom. The van der Waals surface area contributed by atoms with Crippen LogP contribution in [0.1, 0.15) is 56.6 Å². The summed E-state index contributed by atoms with van der Waals surface area (Å²) in [6.07, 6.45) is 6.13. The smallest absolute Gasteiger partial charge is 0.0491 e. The van der Waals surface area contributed by atoms with Crippen LogP contribution in [0.5, 0.6) is 0 Å². The third-order valence-electron chi connectivity index (χ3n) is 6.05. The van der Waals surface area contributed by atoms with Crippen LogP contribution in [0.15, 0.2) is 72.8 Å². The Hall–Kier alpha value is -2.54. The molecule has 4 rings (SSSR count). The van der Waals surface area contributed by atoms with Crippen molar-refractivity contribution in [2.75, 3.05) is 0 Å². The van der Waals surface area contributed by atoms with Gasteiger partial charge in [0.1, 0.15) is 0 Å². The van der Waals surface area contributed by atoms with Crippen molar-refractivity contribution in [2.45, 2.75) is 58.4 Å². The predicted octanol–water partition coefficient (Wildman–Crippen LogP) is 7.72. The molecule has 0 N–H and O–H groups in total. The molecule has 0 saturated carbocycles. The summed E-state index contributed by atoms with van der Waals surface area (Å²) < 4.78 is 2.50. The summed E-state index contributed by atoms with van der Waals surface area (Å²) in [5.74, 6) is 0.675. The Morgan fingerprint density at radius 1 is 0.750 bits per heavy atom. The van der Waals surface area contributed by atoms with Crippen molar-refractivity contribution in [1.82, 2.24) is 4.57 Å². The topological polar surface area (TPSA) is 4.93 Å². The molecule has 1 heteroatoms. The van der Waals surface area contributed by atoms with Gasteiger partial charge in [-0.2, -0.15) is 0 Å². The van der Waals surface area contributed by atoms with E-state index >= 15 is 0 Å². The molecule has 3 aromatic carbocycles. The van der Waals surface area contributed by atoms with E-state index in [9.17, 15) is 0 Å². The average molecular weight is 370 g/mol. The van der Waals surface area contributed by atoms with E-state index in [0.717, 1.165) is 6.54 Å². The molecule has 0 bridgehead atoms. The standard InChI is InChI=1S/C27H31N/c1-3-10-21(2)23-18-16-22(17-19-23)11-8-9-20-28-26-14-6-4-12-24(26)25-13-5-7-15-27(25)28/h4-7,12-19,21H,3,8-11,20H2,1-2H3. The second-order valence-corrected chi connectivity index (χ2v) is 8.07. The van der Waals surface area contributed by atoms with Gasteiger partial charge < -0.3 is 4.57 Å². The molecule has 1 atom stereocenters. The van der Waals surface area contributed by atoms with E-state index in [-0.39, 0.29) is 0 Å². The summed E-state index contributed by atoms with van der Waals surface area (Å²) in [4.78, 5) is 0. The lowest BCUT2D eigenvalue weighted by atomic mass is 9.95. The van der Waals surface area contributed by atoms with Gasteiger partial charge in [-0.1, -0.05) is 80.9 Å². The number of aromatic nitrogens is 1. The molecule has 0 saturated heterocycles. The first kappa shape index (κ1) is 18.8. The van der Waals surface area contributed by atoms with E-state index in [1.165, 1.54) is 65.0 Å². The summed E-state index contributed by atoms with van der Waals surface area (Å²) in [6, 6.07) is 26.9. The van der Waals surface area contributed by atoms with Gasteiger partial charge in [-0.3, -0.25) is 0 Å². The minimum Gasteiger partial charge on any atom is -0.340 e. The van der Waals surface area contributed by atoms with Gasteiger partial charge in [0.25, 0.3) is 0 Å².